The van der Waals surface area contributed by atoms with E-state index >= 15 is 0 Å². The van der Waals surface area contributed by atoms with Crippen LogP contribution in [-0.4, -0.2) is 42.7 Å². The molecule has 3 aromatic carbocycles. The lowest BCUT2D eigenvalue weighted by atomic mass is 9.97. The third kappa shape index (κ3) is 2.67. The minimum atomic E-state index is -0.417. The number of amides is 4. The van der Waals surface area contributed by atoms with E-state index in [1.807, 2.05) is 0 Å². The van der Waals surface area contributed by atoms with Crippen LogP contribution in [0.25, 0.3) is 11.1 Å². The molecule has 7 heteroatoms. The van der Waals surface area contributed by atoms with Gasteiger partial charge < -0.3 is 4.74 Å². The molecule has 4 amide bonds. The molecule has 0 spiro atoms. The Morgan fingerprint density at radius 2 is 1.10 bits per heavy atom. The maximum Gasteiger partial charge on any atom is 0.266 e. The van der Waals surface area contributed by atoms with Crippen LogP contribution in [0.2, 0.25) is 0 Å². The van der Waals surface area contributed by atoms with E-state index in [9.17, 15) is 19.2 Å². The van der Waals surface area contributed by atoms with Gasteiger partial charge in [0.1, 0.15) is 5.75 Å². The molecule has 0 atom stereocenters. The van der Waals surface area contributed by atoms with Crippen LogP contribution in [0.4, 0.5) is 5.69 Å². The molecule has 3 aromatic rings. The molecule has 152 valence electrons. The third-order valence-electron chi connectivity index (χ3n) is 5.64. The quantitative estimate of drug-likeness (QED) is 0.616. The smallest absolute Gasteiger partial charge is 0.266 e. The van der Waals surface area contributed by atoms with Crippen LogP contribution in [0.3, 0.4) is 0 Å². The van der Waals surface area contributed by atoms with Crippen LogP contribution in [0.15, 0.2) is 60.7 Å². The molecule has 0 N–H and O–H groups in total. The molecule has 31 heavy (non-hydrogen) atoms. The maximum absolute atomic E-state index is 13.0. The molecular weight excluding hydrogens is 396 g/mol. The number of hydrogen-bond donors (Lipinski definition) is 0. The highest BCUT2D eigenvalue weighted by atomic mass is 16.5. The van der Waals surface area contributed by atoms with Gasteiger partial charge in [0.15, 0.2) is 0 Å². The lowest BCUT2D eigenvalue weighted by Gasteiger charge is -2.14. The molecule has 0 saturated carbocycles. The van der Waals surface area contributed by atoms with Gasteiger partial charge in [0.25, 0.3) is 23.6 Å². The van der Waals surface area contributed by atoms with Crippen LogP contribution in [0.5, 0.6) is 5.75 Å². The van der Waals surface area contributed by atoms with Crippen LogP contribution in [0.1, 0.15) is 41.4 Å². The summed E-state index contributed by atoms with van der Waals surface area (Å²) in [5.41, 5.74) is 3.10. The van der Waals surface area contributed by atoms with Crippen molar-refractivity contribution in [2.75, 3.05) is 19.1 Å². The van der Waals surface area contributed by atoms with Crippen molar-refractivity contribution in [3.63, 3.8) is 0 Å². The molecule has 0 aliphatic carbocycles. The average molecular weight is 412 g/mol. The van der Waals surface area contributed by atoms with Crippen LogP contribution < -0.4 is 9.64 Å². The fraction of sp³-hybridized carbons (Fsp3) is 0.0833. The highest BCUT2D eigenvalue weighted by molar-refractivity contribution is 6.34. The second-order valence-electron chi connectivity index (χ2n) is 7.33. The van der Waals surface area contributed by atoms with Crippen molar-refractivity contribution in [1.82, 2.24) is 4.90 Å². The van der Waals surface area contributed by atoms with Crippen LogP contribution >= 0.6 is 0 Å². The number of anilines is 1. The predicted octanol–water partition coefficient (Wildman–Crippen LogP) is 3.39. The van der Waals surface area contributed by atoms with E-state index in [1.54, 1.807) is 67.8 Å². The average Bonchev–Trinajstić information content (AvgIpc) is 3.18. The van der Waals surface area contributed by atoms with Gasteiger partial charge in [-0.3, -0.25) is 24.1 Å². The van der Waals surface area contributed by atoms with Gasteiger partial charge in [0.05, 0.1) is 35.1 Å². The second kappa shape index (κ2) is 6.63. The Labute approximate surface area is 177 Å². The zero-order valence-corrected chi connectivity index (χ0v) is 16.7. The summed E-state index contributed by atoms with van der Waals surface area (Å²) < 4.78 is 5.13. The van der Waals surface area contributed by atoms with E-state index in [0.717, 1.165) is 9.80 Å². The molecule has 0 unspecified atom stereocenters. The van der Waals surface area contributed by atoms with E-state index in [2.05, 4.69) is 0 Å². The summed E-state index contributed by atoms with van der Waals surface area (Å²) >= 11 is 0. The lowest BCUT2D eigenvalue weighted by molar-refractivity contribution is 0.0692. The Balaban J connectivity index is 1.53. The molecule has 0 fully saturated rings. The SMILES string of the molecule is COc1ccc(N2C(=O)c3ccc(-c4ccc5c(c4)C(=O)N(C)C5=O)cc3C2=O)cc1. The number of imide groups is 2. The Hall–Kier alpha value is -4.26. The van der Waals surface area contributed by atoms with E-state index in [0.29, 0.717) is 44.8 Å². The first-order valence-electron chi connectivity index (χ1n) is 9.54. The van der Waals surface area contributed by atoms with Gasteiger partial charge >= 0.3 is 0 Å². The molecule has 0 radical (unpaired) electrons. The highest BCUT2D eigenvalue weighted by Crippen LogP contribution is 2.34. The fourth-order valence-corrected chi connectivity index (χ4v) is 3.93. The number of carbonyl (C=O) groups is 4. The van der Waals surface area contributed by atoms with Crippen molar-refractivity contribution < 1.29 is 23.9 Å². The zero-order chi connectivity index (χ0) is 21.9. The zero-order valence-electron chi connectivity index (χ0n) is 16.7. The number of fused-ring (bicyclic) bond motifs is 2. The Kier molecular flexibility index (Phi) is 4.01. The summed E-state index contributed by atoms with van der Waals surface area (Å²) in [5, 5.41) is 0. The molecule has 2 heterocycles. The number of carbonyl (C=O) groups excluding carboxylic acids is 4. The minimum Gasteiger partial charge on any atom is -0.497 e. The summed E-state index contributed by atoms with van der Waals surface area (Å²) in [6.45, 7) is 0. The summed E-state index contributed by atoms with van der Waals surface area (Å²) in [5.74, 6) is -0.887. The lowest BCUT2D eigenvalue weighted by Crippen LogP contribution is -2.29. The molecular formula is C24H16N2O5. The summed E-state index contributed by atoms with van der Waals surface area (Å²) in [6, 6.07) is 16.6. The van der Waals surface area contributed by atoms with Gasteiger partial charge in [-0.05, 0) is 59.7 Å². The maximum atomic E-state index is 13.0. The number of methoxy groups -OCH3 is 1. The molecule has 0 saturated heterocycles. The molecule has 7 nitrogen and oxygen atoms in total. The van der Waals surface area contributed by atoms with Gasteiger partial charge in [-0.2, -0.15) is 0 Å². The van der Waals surface area contributed by atoms with Gasteiger partial charge in [-0.15, -0.1) is 0 Å². The minimum absolute atomic E-state index is 0.290. The van der Waals surface area contributed by atoms with E-state index in [4.69, 9.17) is 4.74 Å². The fourth-order valence-electron chi connectivity index (χ4n) is 3.93. The van der Waals surface area contributed by atoms with Crippen molar-refractivity contribution >= 4 is 29.3 Å². The number of benzene rings is 3. The second-order valence-corrected chi connectivity index (χ2v) is 7.33. The predicted molar refractivity (Wildman–Crippen MR) is 112 cm³/mol. The number of nitrogens with zero attached hydrogens (tertiary/aromatic N) is 2. The van der Waals surface area contributed by atoms with Crippen molar-refractivity contribution in [2.45, 2.75) is 0 Å². The number of hydrogen-bond acceptors (Lipinski definition) is 5. The van der Waals surface area contributed by atoms with Gasteiger partial charge in [-0.25, -0.2) is 4.90 Å². The van der Waals surface area contributed by atoms with Gasteiger partial charge in [0.2, 0.25) is 0 Å². The van der Waals surface area contributed by atoms with E-state index in [1.165, 1.54) is 7.05 Å². The van der Waals surface area contributed by atoms with Gasteiger partial charge in [-0.1, -0.05) is 12.1 Å². The van der Waals surface area contributed by atoms with Crippen LogP contribution in [0, 0.1) is 0 Å². The molecule has 5 rings (SSSR count). The normalized spacial score (nSPS) is 14.9. The largest absolute Gasteiger partial charge is 0.497 e. The van der Waals surface area contributed by atoms with Crippen molar-refractivity contribution in [3.8, 4) is 16.9 Å². The monoisotopic (exact) mass is 412 g/mol. The standard InChI is InChI=1S/C24H16N2O5/c1-25-21(27)17-9-3-13(11-19(17)22(25)28)14-4-10-18-20(12-14)24(30)26(23(18)29)15-5-7-16(31-2)8-6-15/h3-12H,1-2H3. The first-order valence-corrected chi connectivity index (χ1v) is 9.54. The van der Waals surface area contributed by atoms with E-state index in [-0.39, 0.29) is 11.8 Å². The first-order chi connectivity index (χ1) is 14.9. The van der Waals surface area contributed by atoms with E-state index < -0.39 is 11.8 Å². The first kappa shape index (κ1) is 18.7. The summed E-state index contributed by atoms with van der Waals surface area (Å²) in [4.78, 5) is 52.5. The topological polar surface area (TPSA) is 84.0 Å². The van der Waals surface area contributed by atoms with Crippen molar-refractivity contribution in [2.24, 2.45) is 0 Å². The third-order valence-corrected chi connectivity index (χ3v) is 5.64. The Morgan fingerprint density at radius 3 is 1.68 bits per heavy atom. The van der Waals surface area contributed by atoms with Gasteiger partial charge in [0, 0.05) is 7.05 Å². The molecule has 0 aromatic heterocycles. The summed E-state index contributed by atoms with van der Waals surface area (Å²) in [7, 11) is 2.98. The van der Waals surface area contributed by atoms with Crippen LogP contribution in [-0.2, 0) is 0 Å². The molecule has 2 aliphatic heterocycles. The molecule has 2 aliphatic rings. The number of rotatable bonds is 3. The van der Waals surface area contributed by atoms with Crippen molar-refractivity contribution in [1.29, 1.82) is 0 Å². The Morgan fingerprint density at radius 1 is 0.613 bits per heavy atom. The Bertz CT molecular complexity index is 1310. The number of ether oxygens (including phenoxy) is 1. The highest BCUT2D eigenvalue weighted by Gasteiger charge is 2.37. The van der Waals surface area contributed by atoms with Crippen molar-refractivity contribution in [3.05, 3.63) is 82.9 Å². The molecule has 0 bridgehead atoms. The summed E-state index contributed by atoms with van der Waals surface area (Å²) in [6.07, 6.45) is 0.